The molecule has 0 fully saturated rings. The van der Waals surface area contributed by atoms with Crippen molar-refractivity contribution >= 4 is 23.1 Å². The van der Waals surface area contributed by atoms with E-state index in [1.54, 1.807) is 23.1 Å². The van der Waals surface area contributed by atoms with Gasteiger partial charge < -0.3 is 4.42 Å². The van der Waals surface area contributed by atoms with E-state index in [1.165, 1.54) is 0 Å². The molecule has 20 heavy (non-hydrogen) atoms. The molecule has 3 aromatic rings. The monoisotopic (exact) mass is 267 g/mol. The summed E-state index contributed by atoms with van der Waals surface area (Å²) in [5.41, 5.74) is 1.30. The van der Waals surface area contributed by atoms with Gasteiger partial charge in [-0.15, -0.1) is 0 Å². The van der Waals surface area contributed by atoms with Crippen LogP contribution >= 0.6 is 0 Å². The number of carbonyl (C=O) groups is 2. The molecule has 0 saturated heterocycles. The van der Waals surface area contributed by atoms with Crippen LogP contribution in [0.1, 0.15) is 27.3 Å². The SMILES string of the molecule is O=Cc1cn(C(=O)CCc2ccco2)c2ccccc12. The van der Waals surface area contributed by atoms with Crippen molar-refractivity contribution in [3.8, 4) is 0 Å². The summed E-state index contributed by atoms with van der Waals surface area (Å²) in [5.74, 6) is 0.733. The lowest BCUT2D eigenvalue weighted by Gasteiger charge is -2.02. The van der Waals surface area contributed by atoms with Gasteiger partial charge in [0.25, 0.3) is 0 Å². The molecule has 0 aliphatic rings. The Kier molecular flexibility index (Phi) is 3.21. The second kappa shape index (κ2) is 5.17. The van der Waals surface area contributed by atoms with Gasteiger partial charge in [0.2, 0.25) is 5.91 Å². The number of aromatic nitrogens is 1. The van der Waals surface area contributed by atoms with Crippen molar-refractivity contribution in [3.05, 3.63) is 60.2 Å². The van der Waals surface area contributed by atoms with Crippen LogP contribution < -0.4 is 0 Å². The number of furan rings is 1. The largest absolute Gasteiger partial charge is 0.469 e. The van der Waals surface area contributed by atoms with Gasteiger partial charge in [0.05, 0.1) is 11.8 Å². The molecule has 2 aromatic heterocycles. The first-order valence-electron chi connectivity index (χ1n) is 6.40. The molecule has 4 nitrogen and oxygen atoms in total. The summed E-state index contributed by atoms with van der Waals surface area (Å²) in [6, 6.07) is 11.0. The van der Waals surface area contributed by atoms with Gasteiger partial charge in [-0.25, -0.2) is 0 Å². The van der Waals surface area contributed by atoms with Gasteiger partial charge in [0.15, 0.2) is 6.29 Å². The predicted molar refractivity (Wildman–Crippen MR) is 75.0 cm³/mol. The van der Waals surface area contributed by atoms with E-state index < -0.39 is 0 Å². The third-order valence-electron chi connectivity index (χ3n) is 3.30. The van der Waals surface area contributed by atoms with Crippen molar-refractivity contribution in [3.63, 3.8) is 0 Å². The number of benzene rings is 1. The molecule has 2 heterocycles. The number of hydrogen-bond donors (Lipinski definition) is 0. The highest BCUT2D eigenvalue weighted by Crippen LogP contribution is 2.20. The Labute approximate surface area is 115 Å². The van der Waals surface area contributed by atoms with Crippen LogP contribution in [0.2, 0.25) is 0 Å². The molecular formula is C16H13NO3. The third kappa shape index (κ3) is 2.16. The maximum absolute atomic E-state index is 12.3. The average molecular weight is 267 g/mol. The summed E-state index contributed by atoms with van der Waals surface area (Å²) in [4.78, 5) is 23.3. The number of aryl methyl sites for hydroxylation is 1. The van der Waals surface area contributed by atoms with E-state index in [0.717, 1.165) is 22.9 Å². The molecule has 1 aromatic carbocycles. The Bertz CT molecular complexity index is 753. The summed E-state index contributed by atoms with van der Waals surface area (Å²) in [6.07, 6.45) is 4.86. The Morgan fingerprint density at radius 2 is 2.05 bits per heavy atom. The minimum atomic E-state index is -0.0503. The average Bonchev–Trinajstić information content (AvgIpc) is 3.12. The molecule has 0 aliphatic carbocycles. The predicted octanol–water partition coefficient (Wildman–Crippen LogP) is 3.32. The van der Waals surface area contributed by atoms with Crippen molar-refractivity contribution in [2.45, 2.75) is 12.8 Å². The molecule has 3 rings (SSSR count). The van der Waals surface area contributed by atoms with Gasteiger partial charge in [-0.05, 0) is 18.2 Å². The topological polar surface area (TPSA) is 52.2 Å². The van der Waals surface area contributed by atoms with E-state index in [-0.39, 0.29) is 5.91 Å². The fraction of sp³-hybridized carbons (Fsp3) is 0.125. The molecule has 0 amide bonds. The van der Waals surface area contributed by atoms with Gasteiger partial charge in [-0.3, -0.25) is 14.2 Å². The van der Waals surface area contributed by atoms with Crippen LogP contribution in [-0.4, -0.2) is 16.8 Å². The zero-order chi connectivity index (χ0) is 13.9. The second-order valence-corrected chi connectivity index (χ2v) is 4.56. The first-order chi connectivity index (χ1) is 9.79. The zero-order valence-corrected chi connectivity index (χ0v) is 10.8. The molecule has 4 heteroatoms. The molecule has 0 atom stereocenters. The van der Waals surface area contributed by atoms with Crippen molar-refractivity contribution in [1.82, 2.24) is 4.57 Å². The van der Waals surface area contributed by atoms with E-state index in [9.17, 15) is 9.59 Å². The van der Waals surface area contributed by atoms with E-state index >= 15 is 0 Å². The van der Waals surface area contributed by atoms with Gasteiger partial charge in [0.1, 0.15) is 5.76 Å². The van der Waals surface area contributed by atoms with Crippen molar-refractivity contribution in [2.75, 3.05) is 0 Å². The molecule has 0 radical (unpaired) electrons. The number of fused-ring (bicyclic) bond motifs is 1. The van der Waals surface area contributed by atoms with Crippen LogP contribution in [0.4, 0.5) is 0 Å². The van der Waals surface area contributed by atoms with Crippen LogP contribution in [-0.2, 0) is 6.42 Å². The third-order valence-corrected chi connectivity index (χ3v) is 3.30. The van der Waals surface area contributed by atoms with Crippen LogP contribution in [0.25, 0.3) is 10.9 Å². The standard InChI is InChI=1S/C16H13NO3/c18-11-12-10-17(15-6-2-1-5-14(12)15)16(19)8-7-13-4-3-9-20-13/h1-6,9-11H,7-8H2. The van der Waals surface area contributed by atoms with E-state index in [0.29, 0.717) is 18.4 Å². The van der Waals surface area contributed by atoms with E-state index in [1.807, 2.05) is 30.3 Å². The molecule has 0 aliphatic heterocycles. The maximum Gasteiger partial charge on any atom is 0.231 e. The highest BCUT2D eigenvalue weighted by molar-refractivity contribution is 6.02. The molecular weight excluding hydrogens is 254 g/mol. The minimum absolute atomic E-state index is 0.0503. The number of carbonyl (C=O) groups excluding carboxylic acids is 2. The van der Waals surface area contributed by atoms with Crippen LogP contribution in [0.15, 0.2) is 53.3 Å². The molecule has 100 valence electrons. The zero-order valence-electron chi connectivity index (χ0n) is 10.8. The first-order valence-corrected chi connectivity index (χ1v) is 6.40. The Morgan fingerprint density at radius 3 is 2.80 bits per heavy atom. The molecule has 0 spiro atoms. The smallest absolute Gasteiger partial charge is 0.231 e. The Morgan fingerprint density at radius 1 is 1.20 bits per heavy atom. The lowest BCUT2D eigenvalue weighted by Crippen LogP contribution is -2.10. The summed E-state index contributed by atoms with van der Waals surface area (Å²) in [5, 5.41) is 0.800. The van der Waals surface area contributed by atoms with Crippen molar-refractivity contribution in [1.29, 1.82) is 0 Å². The fourth-order valence-corrected chi connectivity index (χ4v) is 2.31. The molecule has 0 N–H and O–H groups in total. The number of hydrogen-bond acceptors (Lipinski definition) is 3. The second-order valence-electron chi connectivity index (χ2n) is 4.56. The lowest BCUT2D eigenvalue weighted by atomic mass is 10.2. The van der Waals surface area contributed by atoms with Gasteiger partial charge in [-0.1, -0.05) is 18.2 Å². The van der Waals surface area contributed by atoms with Crippen molar-refractivity contribution < 1.29 is 14.0 Å². The molecule has 0 saturated carbocycles. The van der Waals surface area contributed by atoms with Crippen LogP contribution in [0, 0.1) is 0 Å². The number of aldehydes is 1. The quantitative estimate of drug-likeness (QED) is 0.681. The number of rotatable bonds is 4. The highest BCUT2D eigenvalue weighted by atomic mass is 16.3. The van der Waals surface area contributed by atoms with Gasteiger partial charge in [-0.2, -0.15) is 0 Å². The molecule has 0 unspecified atom stereocenters. The van der Waals surface area contributed by atoms with Crippen LogP contribution in [0.3, 0.4) is 0 Å². The Hall–Kier alpha value is -2.62. The summed E-state index contributed by atoms with van der Waals surface area (Å²) in [6.45, 7) is 0. The first kappa shape index (κ1) is 12.4. The van der Waals surface area contributed by atoms with Crippen LogP contribution in [0.5, 0.6) is 0 Å². The van der Waals surface area contributed by atoms with E-state index in [4.69, 9.17) is 4.42 Å². The lowest BCUT2D eigenvalue weighted by molar-refractivity contribution is 0.0906. The summed E-state index contributed by atoms with van der Waals surface area (Å²) >= 11 is 0. The summed E-state index contributed by atoms with van der Waals surface area (Å²) < 4.78 is 6.76. The minimum Gasteiger partial charge on any atom is -0.469 e. The number of nitrogens with zero attached hydrogens (tertiary/aromatic N) is 1. The summed E-state index contributed by atoms with van der Waals surface area (Å²) in [7, 11) is 0. The maximum atomic E-state index is 12.3. The highest BCUT2D eigenvalue weighted by Gasteiger charge is 2.13. The van der Waals surface area contributed by atoms with Gasteiger partial charge >= 0.3 is 0 Å². The van der Waals surface area contributed by atoms with E-state index in [2.05, 4.69) is 0 Å². The van der Waals surface area contributed by atoms with Crippen molar-refractivity contribution in [2.24, 2.45) is 0 Å². The van der Waals surface area contributed by atoms with Gasteiger partial charge in [0, 0.05) is 30.0 Å². The normalized spacial score (nSPS) is 10.8. The Balaban J connectivity index is 1.89. The fourth-order valence-electron chi connectivity index (χ4n) is 2.31. The number of para-hydroxylation sites is 1. The molecule has 0 bridgehead atoms.